The lowest BCUT2D eigenvalue weighted by Gasteiger charge is -2.17. The van der Waals surface area contributed by atoms with Crippen molar-refractivity contribution in [2.75, 3.05) is 20.1 Å². The maximum absolute atomic E-state index is 12.4. The average Bonchev–Trinajstić information content (AvgIpc) is 2.27. The summed E-state index contributed by atoms with van der Waals surface area (Å²) in [5.41, 5.74) is -0.0691. The van der Waals surface area contributed by atoms with Gasteiger partial charge in [0.05, 0.1) is 11.3 Å². The fraction of sp³-hybridized carbons (Fsp3) is 0.615. The number of alkyl halides is 3. The molecule has 1 heterocycles. The van der Waals surface area contributed by atoms with Gasteiger partial charge in [0.1, 0.15) is 0 Å². The molecule has 0 unspecified atom stereocenters. The maximum Gasteiger partial charge on any atom is 0.417 e. The molecular formula is C13H20F3N3. The lowest BCUT2D eigenvalue weighted by molar-refractivity contribution is -0.137. The highest BCUT2D eigenvalue weighted by atomic mass is 19.4. The van der Waals surface area contributed by atoms with Crippen LogP contribution in [0.2, 0.25) is 0 Å². The molecular weight excluding hydrogens is 255 g/mol. The van der Waals surface area contributed by atoms with Crippen LogP contribution in [0.3, 0.4) is 0 Å². The van der Waals surface area contributed by atoms with Crippen molar-refractivity contribution in [3.8, 4) is 0 Å². The first-order chi connectivity index (χ1) is 8.79. The minimum absolute atomic E-state index is 0.428. The van der Waals surface area contributed by atoms with Crippen LogP contribution in [0.15, 0.2) is 18.3 Å². The Balaban J connectivity index is 2.44. The third-order valence-corrected chi connectivity index (χ3v) is 2.63. The van der Waals surface area contributed by atoms with Gasteiger partial charge in [-0.2, -0.15) is 13.2 Å². The van der Waals surface area contributed by atoms with Crippen LogP contribution in [0, 0.1) is 0 Å². The standard InChI is InChI=1S/C13H20F3N3/c1-10(2)17-6-7-19(3)9-12-5-4-11(8-18-12)13(14,15)16/h4-5,8,10,17H,6-7,9H2,1-3H3. The maximum atomic E-state index is 12.4. The second-order valence-electron chi connectivity index (χ2n) is 4.88. The fourth-order valence-corrected chi connectivity index (χ4v) is 1.59. The molecule has 1 aromatic heterocycles. The van der Waals surface area contributed by atoms with Crippen LogP contribution >= 0.6 is 0 Å². The number of hydrogen-bond donors (Lipinski definition) is 1. The van der Waals surface area contributed by atoms with Gasteiger partial charge in [0.25, 0.3) is 0 Å². The van der Waals surface area contributed by atoms with E-state index in [1.54, 1.807) is 0 Å². The molecule has 0 saturated heterocycles. The van der Waals surface area contributed by atoms with Crippen LogP contribution in [0.1, 0.15) is 25.1 Å². The van der Waals surface area contributed by atoms with Gasteiger partial charge in [-0.15, -0.1) is 0 Å². The Kier molecular flexibility index (Phi) is 5.75. The van der Waals surface area contributed by atoms with Gasteiger partial charge in [-0.3, -0.25) is 9.88 Å². The molecule has 6 heteroatoms. The first-order valence-electron chi connectivity index (χ1n) is 6.23. The predicted octanol–water partition coefficient (Wildman–Crippen LogP) is 2.53. The Morgan fingerprint density at radius 1 is 1.32 bits per heavy atom. The zero-order chi connectivity index (χ0) is 14.5. The molecule has 1 N–H and O–H groups in total. The van der Waals surface area contributed by atoms with Crippen LogP contribution in [0.4, 0.5) is 13.2 Å². The lowest BCUT2D eigenvalue weighted by atomic mass is 10.2. The van der Waals surface area contributed by atoms with Gasteiger partial charge in [0, 0.05) is 31.9 Å². The minimum atomic E-state index is -4.32. The second-order valence-corrected chi connectivity index (χ2v) is 4.88. The molecule has 1 rings (SSSR count). The van der Waals surface area contributed by atoms with Gasteiger partial charge in [-0.25, -0.2) is 0 Å². The highest BCUT2D eigenvalue weighted by molar-refractivity contribution is 5.16. The van der Waals surface area contributed by atoms with Crippen molar-refractivity contribution in [3.63, 3.8) is 0 Å². The number of pyridine rings is 1. The Morgan fingerprint density at radius 2 is 2.00 bits per heavy atom. The monoisotopic (exact) mass is 275 g/mol. The summed E-state index contributed by atoms with van der Waals surface area (Å²) in [6, 6.07) is 2.93. The molecule has 0 bridgehead atoms. The number of aromatic nitrogens is 1. The third-order valence-electron chi connectivity index (χ3n) is 2.63. The van der Waals surface area contributed by atoms with Crippen LogP contribution in [0.25, 0.3) is 0 Å². The number of rotatable bonds is 6. The first kappa shape index (κ1) is 15.9. The number of hydrogen-bond acceptors (Lipinski definition) is 3. The van der Waals surface area contributed by atoms with E-state index in [1.165, 1.54) is 6.07 Å². The summed E-state index contributed by atoms with van der Waals surface area (Å²) in [6.07, 6.45) is -3.44. The molecule has 0 atom stereocenters. The van der Waals surface area contributed by atoms with Gasteiger partial charge in [-0.1, -0.05) is 13.8 Å². The smallest absolute Gasteiger partial charge is 0.313 e. The molecule has 0 radical (unpaired) electrons. The van der Waals surface area contributed by atoms with Crippen molar-refractivity contribution in [1.29, 1.82) is 0 Å². The van der Waals surface area contributed by atoms with Gasteiger partial charge in [-0.05, 0) is 19.2 Å². The molecule has 108 valence electrons. The van der Waals surface area contributed by atoms with E-state index in [-0.39, 0.29) is 0 Å². The fourth-order valence-electron chi connectivity index (χ4n) is 1.59. The van der Waals surface area contributed by atoms with E-state index >= 15 is 0 Å². The zero-order valence-electron chi connectivity index (χ0n) is 11.5. The summed E-state index contributed by atoms with van der Waals surface area (Å²) in [5, 5.41) is 3.28. The van der Waals surface area contributed by atoms with E-state index in [9.17, 15) is 13.2 Å². The molecule has 19 heavy (non-hydrogen) atoms. The first-order valence-corrected chi connectivity index (χ1v) is 6.23. The van der Waals surface area contributed by atoms with Gasteiger partial charge in [0.2, 0.25) is 0 Å². The summed E-state index contributed by atoms with van der Waals surface area (Å²) in [7, 11) is 1.92. The summed E-state index contributed by atoms with van der Waals surface area (Å²) in [6.45, 7) is 6.34. The summed E-state index contributed by atoms with van der Waals surface area (Å²) in [4.78, 5) is 5.87. The van der Waals surface area contributed by atoms with Crippen molar-refractivity contribution in [1.82, 2.24) is 15.2 Å². The summed E-state index contributed by atoms with van der Waals surface area (Å²) < 4.78 is 37.1. The summed E-state index contributed by atoms with van der Waals surface area (Å²) >= 11 is 0. The topological polar surface area (TPSA) is 28.2 Å². The quantitative estimate of drug-likeness (QED) is 0.864. The van der Waals surface area contributed by atoms with Gasteiger partial charge >= 0.3 is 6.18 Å². The molecule has 0 saturated carbocycles. The SMILES string of the molecule is CC(C)NCCN(C)Cc1ccc(C(F)(F)F)cn1. The molecule has 0 spiro atoms. The number of likely N-dealkylation sites (N-methyl/N-ethyl adjacent to an activating group) is 1. The minimum Gasteiger partial charge on any atom is -0.313 e. The largest absolute Gasteiger partial charge is 0.417 e. The number of nitrogens with zero attached hydrogens (tertiary/aromatic N) is 2. The molecule has 1 aromatic rings. The average molecular weight is 275 g/mol. The van der Waals surface area contributed by atoms with Gasteiger partial charge < -0.3 is 5.32 Å². The molecule has 0 fully saturated rings. The predicted molar refractivity (Wildman–Crippen MR) is 68.7 cm³/mol. The van der Waals surface area contributed by atoms with Crippen molar-refractivity contribution in [3.05, 3.63) is 29.6 Å². The lowest BCUT2D eigenvalue weighted by Crippen LogP contribution is -2.32. The molecule has 0 amide bonds. The van der Waals surface area contributed by atoms with Crippen molar-refractivity contribution in [2.24, 2.45) is 0 Å². The molecule has 0 aliphatic rings. The van der Waals surface area contributed by atoms with E-state index in [0.29, 0.717) is 18.3 Å². The normalized spacial score (nSPS) is 12.4. The van der Waals surface area contributed by atoms with Crippen molar-refractivity contribution >= 4 is 0 Å². The number of nitrogens with one attached hydrogen (secondary N) is 1. The van der Waals surface area contributed by atoms with E-state index < -0.39 is 11.7 Å². The van der Waals surface area contributed by atoms with E-state index in [0.717, 1.165) is 25.4 Å². The Bertz CT molecular complexity index is 374. The van der Waals surface area contributed by atoms with Crippen LogP contribution < -0.4 is 5.32 Å². The number of halogens is 3. The third kappa shape index (κ3) is 6.02. The highest BCUT2D eigenvalue weighted by Gasteiger charge is 2.30. The van der Waals surface area contributed by atoms with E-state index in [4.69, 9.17) is 0 Å². The van der Waals surface area contributed by atoms with Crippen LogP contribution in [-0.2, 0) is 12.7 Å². The van der Waals surface area contributed by atoms with Gasteiger partial charge in [0.15, 0.2) is 0 Å². The van der Waals surface area contributed by atoms with E-state index in [1.807, 2.05) is 11.9 Å². The Labute approximate surface area is 111 Å². The van der Waals surface area contributed by atoms with E-state index in [2.05, 4.69) is 24.1 Å². The molecule has 3 nitrogen and oxygen atoms in total. The Hall–Kier alpha value is -1.14. The van der Waals surface area contributed by atoms with Crippen LogP contribution in [-0.4, -0.2) is 36.1 Å². The molecule has 0 aromatic carbocycles. The van der Waals surface area contributed by atoms with Crippen molar-refractivity contribution < 1.29 is 13.2 Å². The van der Waals surface area contributed by atoms with Crippen molar-refractivity contribution in [2.45, 2.75) is 32.6 Å². The highest BCUT2D eigenvalue weighted by Crippen LogP contribution is 2.28. The summed E-state index contributed by atoms with van der Waals surface area (Å²) in [5.74, 6) is 0. The zero-order valence-corrected chi connectivity index (χ0v) is 11.5. The molecule has 0 aliphatic carbocycles. The van der Waals surface area contributed by atoms with Crippen LogP contribution in [0.5, 0.6) is 0 Å². The Morgan fingerprint density at radius 3 is 2.47 bits per heavy atom. The second kappa shape index (κ2) is 6.86. The molecule has 0 aliphatic heterocycles.